The summed E-state index contributed by atoms with van der Waals surface area (Å²) in [4.78, 5) is 2.69. The van der Waals surface area contributed by atoms with Gasteiger partial charge in [-0.3, -0.25) is 0 Å². The van der Waals surface area contributed by atoms with Gasteiger partial charge in [0.05, 0.1) is 16.7 Å². The molecule has 0 aliphatic carbocycles. The molecule has 2 heterocycles. The largest absolute Gasteiger partial charge is 0.383 e. The van der Waals surface area contributed by atoms with Crippen LogP contribution in [0.4, 0.5) is 5.82 Å². The van der Waals surface area contributed by atoms with Gasteiger partial charge >= 0.3 is 0 Å². The lowest BCUT2D eigenvalue weighted by Gasteiger charge is -2.11. The summed E-state index contributed by atoms with van der Waals surface area (Å²) < 4.78 is 2.70. The Labute approximate surface area is 107 Å². The Balaban J connectivity index is 2.31. The molecule has 1 unspecified atom stereocenters. The molecule has 2 aromatic heterocycles. The van der Waals surface area contributed by atoms with Crippen molar-refractivity contribution in [2.24, 2.45) is 0 Å². The van der Waals surface area contributed by atoms with Crippen molar-refractivity contribution in [1.29, 1.82) is 0 Å². The summed E-state index contributed by atoms with van der Waals surface area (Å²) in [6.45, 7) is 4.28. The highest BCUT2D eigenvalue weighted by atomic mass is 79.9. The average Bonchev–Trinajstić information content (AvgIpc) is 2.87. The quantitative estimate of drug-likeness (QED) is 0.943. The topological polar surface area (TPSA) is 43.8 Å². The van der Waals surface area contributed by atoms with E-state index in [1.807, 2.05) is 16.0 Å². The van der Waals surface area contributed by atoms with E-state index in [0.29, 0.717) is 5.82 Å². The number of anilines is 1. The molecule has 0 saturated heterocycles. The van der Waals surface area contributed by atoms with Gasteiger partial charge in [0.2, 0.25) is 0 Å². The van der Waals surface area contributed by atoms with E-state index in [1.165, 1.54) is 9.75 Å². The Hall–Kier alpha value is -0.810. The Morgan fingerprint density at radius 3 is 2.81 bits per heavy atom. The van der Waals surface area contributed by atoms with Crippen molar-refractivity contribution in [3.05, 3.63) is 32.6 Å². The molecule has 5 heteroatoms. The summed E-state index contributed by atoms with van der Waals surface area (Å²) >= 11 is 5.19. The minimum Gasteiger partial charge on any atom is -0.383 e. The fourth-order valence-corrected chi connectivity index (χ4v) is 2.85. The highest BCUT2D eigenvalue weighted by Crippen LogP contribution is 2.29. The number of aromatic nitrogens is 2. The number of nitrogens with zero attached hydrogens (tertiary/aromatic N) is 2. The number of aryl methyl sites for hydroxylation is 1. The van der Waals surface area contributed by atoms with Crippen LogP contribution in [0, 0.1) is 0 Å². The fraction of sp³-hybridized carbons (Fsp3) is 0.364. The number of halogens is 1. The van der Waals surface area contributed by atoms with Gasteiger partial charge in [-0.2, -0.15) is 5.10 Å². The number of nitrogens with two attached hydrogens (primary N) is 1. The van der Waals surface area contributed by atoms with Gasteiger partial charge in [0, 0.05) is 9.75 Å². The van der Waals surface area contributed by atoms with Crippen LogP contribution in [0.3, 0.4) is 0 Å². The summed E-state index contributed by atoms with van der Waals surface area (Å²) in [5.74, 6) is 0.680. The van der Waals surface area contributed by atoms with E-state index < -0.39 is 0 Å². The molecule has 86 valence electrons. The third kappa shape index (κ3) is 2.01. The van der Waals surface area contributed by atoms with Gasteiger partial charge in [0.1, 0.15) is 5.82 Å². The molecule has 0 amide bonds. The molecule has 2 N–H and O–H groups in total. The summed E-state index contributed by atoms with van der Waals surface area (Å²) in [5, 5.41) is 4.28. The molecule has 2 rings (SSSR count). The van der Waals surface area contributed by atoms with Gasteiger partial charge in [0.15, 0.2) is 0 Å². The van der Waals surface area contributed by atoms with Gasteiger partial charge in [0.25, 0.3) is 0 Å². The van der Waals surface area contributed by atoms with E-state index in [-0.39, 0.29) is 6.04 Å². The van der Waals surface area contributed by atoms with Crippen LogP contribution in [-0.2, 0) is 6.42 Å². The molecule has 0 bridgehead atoms. The fourth-order valence-electron chi connectivity index (χ4n) is 1.59. The van der Waals surface area contributed by atoms with Crippen LogP contribution in [0.25, 0.3) is 0 Å². The van der Waals surface area contributed by atoms with E-state index in [2.05, 4.69) is 47.0 Å². The maximum absolute atomic E-state index is 5.94. The Bertz CT molecular complexity index is 489. The number of hydrogen-bond acceptors (Lipinski definition) is 3. The van der Waals surface area contributed by atoms with E-state index in [1.54, 1.807) is 6.20 Å². The molecular weight excluding hydrogens is 286 g/mol. The van der Waals surface area contributed by atoms with Crippen LogP contribution >= 0.6 is 27.3 Å². The first-order chi connectivity index (χ1) is 7.63. The molecule has 0 radical (unpaired) electrons. The lowest BCUT2D eigenvalue weighted by atomic mass is 10.2. The minimum atomic E-state index is 0.191. The van der Waals surface area contributed by atoms with Gasteiger partial charge in [-0.15, -0.1) is 11.3 Å². The summed E-state index contributed by atoms with van der Waals surface area (Å²) in [7, 11) is 0. The van der Waals surface area contributed by atoms with Gasteiger partial charge < -0.3 is 5.73 Å². The molecule has 0 aliphatic heterocycles. The molecule has 16 heavy (non-hydrogen) atoms. The summed E-state index contributed by atoms with van der Waals surface area (Å²) in [6, 6.07) is 4.52. The monoisotopic (exact) mass is 299 g/mol. The number of nitrogen functional groups attached to an aromatic ring is 1. The number of thiophene rings is 1. The molecular formula is C11H14BrN3S. The first kappa shape index (κ1) is 11.7. The van der Waals surface area contributed by atoms with Crippen molar-refractivity contribution in [3.63, 3.8) is 0 Å². The van der Waals surface area contributed by atoms with E-state index >= 15 is 0 Å². The van der Waals surface area contributed by atoms with Crippen LogP contribution < -0.4 is 5.73 Å². The van der Waals surface area contributed by atoms with Crippen molar-refractivity contribution in [2.75, 3.05) is 5.73 Å². The van der Waals surface area contributed by atoms with E-state index in [0.717, 1.165) is 10.9 Å². The zero-order valence-electron chi connectivity index (χ0n) is 9.27. The van der Waals surface area contributed by atoms with Gasteiger partial charge in [-0.05, 0) is 41.4 Å². The molecule has 0 fully saturated rings. The first-order valence-corrected chi connectivity index (χ1v) is 6.81. The van der Waals surface area contributed by atoms with Gasteiger partial charge in [-0.25, -0.2) is 4.68 Å². The van der Waals surface area contributed by atoms with E-state index in [9.17, 15) is 0 Å². The highest BCUT2D eigenvalue weighted by molar-refractivity contribution is 9.10. The standard InChI is InChI=1S/C11H14BrN3S/c1-3-8-4-5-10(16-8)7(2)15-11(13)9(12)6-14-15/h4-7H,3,13H2,1-2H3. The third-order valence-electron chi connectivity index (χ3n) is 2.60. The predicted octanol–water partition coefficient (Wildman–Crippen LogP) is 3.46. The zero-order valence-corrected chi connectivity index (χ0v) is 11.7. The second-order valence-corrected chi connectivity index (χ2v) is 5.71. The minimum absolute atomic E-state index is 0.191. The van der Waals surface area contributed by atoms with Crippen molar-refractivity contribution >= 4 is 33.1 Å². The summed E-state index contributed by atoms with van der Waals surface area (Å²) in [5.41, 5.74) is 5.94. The molecule has 1 atom stereocenters. The van der Waals surface area contributed by atoms with Crippen molar-refractivity contribution in [3.8, 4) is 0 Å². The molecule has 3 nitrogen and oxygen atoms in total. The van der Waals surface area contributed by atoms with Crippen LogP contribution in [0.15, 0.2) is 22.8 Å². The maximum atomic E-state index is 5.94. The average molecular weight is 300 g/mol. The van der Waals surface area contributed by atoms with Crippen LogP contribution in [0.5, 0.6) is 0 Å². The lowest BCUT2D eigenvalue weighted by molar-refractivity contribution is 0.581. The predicted molar refractivity (Wildman–Crippen MR) is 71.8 cm³/mol. The third-order valence-corrected chi connectivity index (χ3v) is 4.61. The van der Waals surface area contributed by atoms with Gasteiger partial charge in [-0.1, -0.05) is 6.92 Å². The molecule has 2 aromatic rings. The second kappa shape index (κ2) is 4.59. The number of rotatable bonds is 3. The molecule has 0 aliphatic rings. The first-order valence-electron chi connectivity index (χ1n) is 5.20. The van der Waals surface area contributed by atoms with Crippen LogP contribution in [0.1, 0.15) is 29.6 Å². The molecule has 0 spiro atoms. The number of hydrogen-bond donors (Lipinski definition) is 1. The maximum Gasteiger partial charge on any atom is 0.136 e. The normalized spacial score (nSPS) is 12.9. The Kier molecular flexibility index (Phi) is 3.35. The van der Waals surface area contributed by atoms with Crippen molar-refractivity contribution in [1.82, 2.24) is 9.78 Å². The SMILES string of the molecule is CCc1ccc(C(C)n2ncc(Br)c2N)s1. The van der Waals surface area contributed by atoms with Crippen LogP contribution in [-0.4, -0.2) is 9.78 Å². The Morgan fingerprint density at radius 2 is 2.31 bits per heavy atom. The van der Waals surface area contributed by atoms with Crippen molar-refractivity contribution < 1.29 is 0 Å². The molecule has 0 aromatic carbocycles. The zero-order chi connectivity index (χ0) is 11.7. The second-order valence-electron chi connectivity index (χ2n) is 3.66. The smallest absolute Gasteiger partial charge is 0.136 e. The summed E-state index contributed by atoms with van der Waals surface area (Å²) in [6.07, 6.45) is 2.82. The van der Waals surface area contributed by atoms with E-state index in [4.69, 9.17) is 5.73 Å². The van der Waals surface area contributed by atoms with Crippen LogP contribution in [0.2, 0.25) is 0 Å². The highest BCUT2D eigenvalue weighted by Gasteiger charge is 2.15. The lowest BCUT2D eigenvalue weighted by Crippen LogP contribution is -2.10. The Morgan fingerprint density at radius 1 is 1.56 bits per heavy atom. The van der Waals surface area contributed by atoms with Crippen molar-refractivity contribution in [2.45, 2.75) is 26.3 Å². The molecule has 0 saturated carbocycles.